The van der Waals surface area contributed by atoms with Crippen LogP contribution in [0, 0.1) is 0 Å². The van der Waals surface area contributed by atoms with Gasteiger partial charge in [0.05, 0.1) is 7.11 Å². The van der Waals surface area contributed by atoms with E-state index in [1.807, 2.05) is 12.1 Å². The van der Waals surface area contributed by atoms with Crippen LogP contribution in [0.5, 0.6) is 5.75 Å². The van der Waals surface area contributed by atoms with E-state index in [1.165, 1.54) is 16.8 Å². The zero-order valence-corrected chi connectivity index (χ0v) is 15.5. The van der Waals surface area contributed by atoms with Gasteiger partial charge in [-0.25, -0.2) is 0 Å². The third-order valence-corrected chi connectivity index (χ3v) is 4.52. The maximum absolute atomic E-state index is 5.34. The second kappa shape index (κ2) is 9.33. The van der Waals surface area contributed by atoms with Crippen molar-refractivity contribution in [3.8, 4) is 5.75 Å². The Bertz CT molecular complexity index is 609. The van der Waals surface area contributed by atoms with Gasteiger partial charge in [-0.1, -0.05) is 37.3 Å². The van der Waals surface area contributed by atoms with Gasteiger partial charge >= 0.3 is 0 Å². The van der Waals surface area contributed by atoms with Crippen molar-refractivity contribution in [2.24, 2.45) is 0 Å². The molecule has 3 nitrogen and oxygen atoms in total. The van der Waals surface area contributed by atoms with Crippen LogP contribution >= 0.6 is 0 Å². The zero-order valence-electron chi connectivity index (χ0n) is 15.5. The Labute approximate surface area is 146 Å². The highest BCUT2D eigenvalue weighted by molar-refractivity contribution is 5.51. The minimum absolute atomic E-state index is 0.904. The van der Waals surface area contributed by atoms with Gasteiger partial charge in [-0.15, -0.1) is 0 Å². The van der Waals surface area contributed by atoms with E-state index in [9.17, 15) is 0 Å². The lowest BCUT2D eigenvalue weighted by molar-refractivity contribution is 0.357. The van der Waals surface area contributed by atoms with Crippen LogP contribution in [0.4, 0.5) is 5.69 Å². The van der Waals surface area contributed by atoms with Crippen LogP contribution in [-0.4, -0.2) is 38.7 Å². The average molecular weight is 326 g/mol. The first-order valence-corrected chi connectivity index (χ1v) is 8.81. The first-order chi connectivity index (χ1) is 11.7. The Morgan fingerprint density at radius 2 is 1.62 bits per heavy atom. The van der Waals surface area contributed by atoms with Crippen LogP contribution in [0.2, 0.25) is 0 Å². The molecule has 0 spiro atoms. The molecule has 2 aromatic rings. The van der Waals surface area contributed by atoms with E-state index < -0.39 is 0 Å². The van der Waals surface area contributed by atoms with Crippen LogP contribution in [0.1, 0.15) is 25.0 Å². The molecule has 0 aliphatic heterocycles. The molecule has 0 saturated carbocycles. The normalized spacial score (nSPS) is 10.9. The van der Waals surface area contributed by atoms with Crippen molar-refractivity contribution in [1.82, 2.24) is 4.90 Å². The summed E-state index contributed by atoms with van der Waals surface area (Å²) in [6.07, 6.45) is 1.11. The highest BCUT2D eigenvalue weighted by Crippen LogP contribution is 2.22. The summed E-state index contributed by atoms with van der Waals surface area (Å²) in [5, 5.41) is 0. The van der Waals surface area contributed by atoms with Crippen molar-refractivity contribution in [3.63, 3.8) is 0 Å². The zero-order chi connectivity index (χ0) is 17.4. The van der Waals surface area contributed by atoms with Crippen molar-refractivity contribution < 1.29 is 4.74 Å². The molecule has 0 amide bonds. The van der Waals surface area contributed by atoms with Crippen molar-refractivity contribution in [2.75, 3.05) is 38.7 Å². The lowest BCUT2D eigenvalue weighted by Gasteiger charge is -2.24. The summed E-state index contributed by atoms with van der Waals surface area (Å²) in [4.78, 5) is 4.71. The summed E-state index contributed by atoms with van der Waals surface area (Å²) in [6.45, 7) is 8.48. The Morgan fingerprint density at radius 1 is 0.917 bits per heavy atom. The molecule has 0 bridgehead atoms. The highest BCUT2D eigenvalue weighted by Gasteiger charge is 2.07. The Hall–Kier alpha value is -2.00. The fourth-order valence-corrected chi connectivity index (χ4v) is 2.70. The van der Waals surface area contributed by atoms with Gasteiger partial charge in [-0.3, -0.25) is 0 Å². The number of methoxy groups -OCH3 is 1. The number of anilines is 1. The Morgan fingerprint density at radius 3 is 2.25 bits per heavy atom. The van der Waals surface area contributed by atoms with E-state index in [0.29, 0.717) is 0 Å². The van der Waals surface area contributed by atoms with Crippen LogP contribution in [-0.2, 0) is 13.0 Å². The van der Waals surface area contributed by atoms with E-state index in [1.54, 1.807) is 7.11 Å². The highest BCUT2D eigenvalue weighted by atomic mass is 16.5. The minimum Gasteiger partial charge on any atom is -0.497 e. The first-order valence-electron chi connectivity index (χ1n) is 8.81. The van der Waals surface area contributed by atoms with Gasteiger partial charge in [-0.2, -0.15) is 0 Å². The minimum atomic E-state index is 0.904. The predicted octanol–water partition coefficient (Wildman–Crippen LogP) is 4.22. The number of nitrogens with zero attached hydrogens (tertiary/aromatic N) is 2. The molecule has 0 aliphatic carbocycles. The Balaban J connectivity index is 2.00. The molecule has 0 heterocycles. The maximum atomic E-state index is 5.34. The van der Waals surface area contributed by atoms with E-state index in [-0.39, 0.29) is 0 Å². The molecule has 3 heteroatoms. The fraction of sp³-hybridized carbons (Fsp3) is 0.429. The SMILES string of the molecule is CCN(C)CCc1ccc(CN(CC)c2cccc(OC)c2)cc1. The Kier molecular flexibility index (Phi) is 7.13. The monoisotopic (exact) mass is 326 g/mol. The van der Waals surface area contributed by atoms with Crippen molar-refractivity contribution in [2.45, 2.75) is 26.8 Å². The molecule has 2 rings (SSSR count). The average Bonchev–Trinajstić information content (AvgIpc) is 2.65. The largest absolute Gasteiger partial charge is 0.497 e. The molecule has 0 atom stereocenters. The second-order valence-corrected chi connectivity index (χ2v) is 6.18. The van der Waals surface area contributed by atoms with Crippen LogP contribution < -0.4 is 9.64 Å². The molecular formula is C21H30N2O. The molecular weight excluding hydrogens is 296 g/mol. The van der Waals surface area contributed by atoms with Gasteiger partial charge < -0.3 is 14.5 Å². The summed E-state index contributed by atoms with van der Waals surface area (Å²) >= 11 is 0. The van der Waals surface area contributed by atoms with E-state index >= 15 is 0 Å². The molecule has 0 aromatic heterocycles. The second-order valence-electron chi connectivity index (χ2n) is 6.18. The number of rotatable bonds is 9. The van der Waals surface area contributed by atoms with Crippen LogP contribution in [0.25, 0.3) is 0 Å². The van der Waals surface area contributed by atoms with Gasteiger partial charge in [0.15, 0.2) is 0 Å². The van der Waals surface area contributed by atoms with Gasteiger partial charge in [0.2, 0.25) is 0 Å². The maximum Gasteiger partial charge on any atom is 0.120 e. The quantitative estimate of drug-likeness (QED) is 0.686. The standard InChI is InChI=1S/C21H30N2O/c1-5-22(3)15-14-18-10-12-19(13-11-18)17-23(6-2)20-8-7-9-21(16-20)24-4/h7-13,16H,5-6,14-15,17H2,1-4H3. The van der Waals surface area contributed by atoms with Crippen molar-refractivity contribution in [1.29, 1.82) is 0 Å². The van der Waals surface area contributed by atoms with Crippen molar-refractivity contribution in [3.05, 3.63) is 59.7 Å². The number of likely N-dealkylation sites (N-methyl/N-ethyl adjacent to an activating group) is 1. The molecule has 0 radical (unpaired) electrons. The number of ether oxygens (including phenoxy) is 1. The molecule has 2 aromatic carbocycles. The van der Waals surface area contributed by atoms with Gasteiger partial charge in [-0.05, 0) is 50.2 Å². The molecule has 0 saturated heterocycles. The lowest BCUT2D eigenvalue weighted by Crippen LogP contribution is -2.22. The third kappa shape index (κ3) is 5.27. The molecule has 130 valence electrons. The van der Waals surface area contributed by atoms with E-state index in [0.717, 1.165) is 38.3 Å². The van der Waals surface area contributed by atoms with Crippen LogP contribution in [0.15, 0.2) is 48.5 Å². The molecule has 0 unspecified atom stereocenters. The predicted molar refractivity (Wildman–Crippen MR) is 103 cm³/mol. The fourth-order valence-electron chi connectivity index (χ4n) is 2.70. The summed E-state index contributed by atoms with van der Waals surface area (Å²) in [5.74, 6) is 0.904. The topological polar surface area (TPSA) is 15.7 Å². The molecule has 0 aliphatic rings. The summed E-state index contributed by atoms with van der Waals surface area (Å²) in [6, 6.07) is 17.3. The smallest absolute Gasteiger partial charge is 0.120 e. The summed E-state index contributed by atoms with van der Waals surface area (Å²) in [7, 11) is 3.88. The van der Waals surface area contributed by atoms with Gasteiger partial charge in [0.1, 0.15) is 5.75 Å². The van der Waals surface area contributed by atoms with E-state index in [4.69, 9.17) is 4.74 Å². The third-order valence-electron chi connectivity index (χ3n) is 4.52. The summed E-state index contributed by atoms with van der Waals surface area (Å²) in [5.41, 5.74) is 3.95. The number of hydrogen-bond donors (Lipinski definition) is 0. The lowest BCUT2D eigenvalue weighted by atomic mass is 10.1. The van der Waals surface area contributed by atoms with Gasteiger partial charge in [0, 0.05) is 31.4 Å². The van der Waals surface area contributed by atoms with Crippen LogP contribution in [0.3, 0.4) is 0 Å². The summed E-state index contributed by atoms with van der Waals surface area (Å²) < 4.78 is 5.34. The van der Waals surface area contributed by atoms with Crippen molar-refractivity contribution >= 4 is 5.69 Å². The number of hydrogen-bond acceptors (Lipinski definition) is 3. The number of benzene rings is 2. The van der Waals surface area contributed by atoms with E-state index in [2.05, 4.69) is 67.1 Å². The first kappa shape index (κ1) is 18.3. The molecule has 0 N–H and O–H groups in total. The van der Waals surface area contributed by atoms with Gasteiger partial charge in [0.25, 0.3) is 0 Å². The molecule has 0 fully saturated rings. The molecule has 24 heavy (non-hydrogen) atoms.